The molecule has 5 heteroatoms. The molecule has 0 spiro atoms. The largest absolute Gasteiger partial charge is 0.394 e. The van der Waals surface area contributed by atoms with Crippen molar-refractivity contribution in [1.82, 2.24) is 0 Å². The summed E-state index contributed by atoms with van der Waals surface area (Å²) < 4.78 is 5.78. The number of aliphatic hydroxyl groups is 2. The fraction of sp³-hybridized carbons (Fsp3) is 0.533. The van der Waals surface area contributed by atoms with E-state index in [1.54, 1.807) is 6.07 Å². The SMILES string of the molecule is CC1(C)CN(c2ccc(CO)cc2C#N)CC(CO)O1. The summed E-state index contributed by atoms with van der Waals surface area (Å²) in [5, 5.41) is 27.8. The summed E-state index contributed by atoms with van der Waals surface area (Å²) >= 11 is 0. The zero-order chi connectivity index (χ0) is 14.8. The van der Waals surface area contributed by atoms with Crippen molar-refractivity contribution < 1.29 is 14.9 Å². The molecule has 20 heavy (non-hydrogen) atoms. The van der Waals surface area contributed by atoms with E-state index in [0.29, 0.717) is 18.7 Å². The Kier molecular flexibility index (Phi) is 4.29. The molecule has 2 rings (SSSR count). The van der Waals surface area contributed by atoms with Crippen LogP contribution >= 0.6 is 0 Å². The van der Waals surface area contributed by atoms with Crippen LogP contribution in [-0.4, -0.2) is 41.6 Å². The highest BCUT2D eigenvalue weighted by atomic mass is 16.5. The summed E-state index contributed by atoms with van der Waals surface area (Å²) in [5.74, 6) is 0. The van der Waals surface area contributed by atoms with Crippen molar-refractivity contribution >= 4 is 5.69 Å². The number of hydrogen-bond acceptors (Lipinski definition) is 5. The number of morpholine rings is 1. The van der Waals surface area contributed by atoms with Crippen LogP contribution < -0.4 is 4.90 Å². The van der Waals surface area contributed by atoms with Crippen molar-refractivity contribution in [2.24, 2.45) is 0 Å². The number of nitrogens with zero attached hydrogens (tertiary/aromatic N) is 2. The zero-order valence-corrected chi connectivity index (χ0v) is 11.8. The van der Waals surface area contributed by atoms with E-state index < -0.39 is 0 Å². The van der Waals surface area contributed by atoms with Gasteiger partial charge in [0.1, 0.15) is 6.07 Å². The van der Waals surface area contributed by atoms with E-state index in [9.17, 15) is 10.4 Å². The van der Waals surface area contributed by atoms with Crippen molar-refractivity contribution in [2.45, 2.75) is 32.2 Å². The van der Waals surface area contributed by atoms with Gasteiger partial charge in [-0.15, -0.1) is 0 Å². The van der Waals surface area contributed by atoms with Gasteiger partial charge in [-0.05, 0) is 31.5 Å². The summed E-state index contributed by atoms with van der Waals surface area (Å²) in [5.41, 5.74) is 1.69. The van der Waals surface area contributed by atoms with Crippen molar-refractivity contribution in [3.05, 3.63) is 29.3 Å². The van der Waals surface area contributed by atoms with Crippen LogP contribution in [0.3, 0.4) is 0 Å². The van der Waals surface area contributed by atoms with E-state index in [4.69, 9.17) is 9.84 Å². The Morgan fingerprint density at radius 3 is 2.80 bits per heavy atom. The highest BCUT2D eigenvalue weighted by Gasteiger charge is 2.33. The normalized spacial score (nSPS) is 21.6. The molecule has 1 fully saturated rings. The summed E-state index contributed by atoms with van der Waals surface area (Å²) in [4.78, 5) is 2.06. The molecule has 1 aromatic carbocycles. The molecule has 0 aromatic heterocycles. The van der Waals surface area contributed by atoms with Crippen LogP contribution in [0, 0.1) is 11.3 Å². The lowest BCUT2D eigenvalue weighted by atomic mass is 10.0. The van der Waals surface area contributed by atoms with Crippen LogP contribution in [0.5, 0.6) is 0 Å². The van der Waals surface area contributed by atoms with Crippen molar-refractivity contribution in [1.29, 1.82) is 5.26 Å². The molecular weight excluding hydrogens is 256 g/mol. The molecule has 0 aliphatic carbocycles. The molecule has 1 heterocycles. The third-order valence-corrected chi connectivity index (χ3v) is 3.39. The second-order valence-electron chi connectivity index (χ2n) is 5.68. The molecule has 1 aliphatic heterocycles. The maximum absolute atomic E-state index is 9.35. The van der Waals surface area contributed by atoms with Gasteiger partial charge in [0.25, 0.3) is 0 Å². The monoisotopic (exact) mass is 276 g/mol. The number of aliphatic hydroxyl groups excluding tert-OH is 2. The van der Waals surface area contributed by atoms with Crippen LogP contribution in [0.4, 0.5) is 5.69 Å². The van der Waals surface area contributed by atoms with Gasteiger partial charge in [-0.1, -0.05) is 6.07 Å². The van der Waals surface area contributed by atoms with Gasteiger partial charge in [0.15, 0.2) is 0 Å². The zero-order valence-electron chi connectivity index (χ0n) is 11.8. The van der Waals surface area contributed by atoms with E-state index in [2.05, 4.69) is 11.0 Å². The molecule has 108 valence electrons. The lowest BCUT2D eigenvalue weighted by Gasteiger charge is -2.43. The summed E-state index contributed by atoms with van der Waals surface area (Å²) in [6, 6.07) is 7.53. The number of anilines is 1. The van der Waals surface area contributed by atoms with Gasteiger partial charge >= 0.3 is 0 Å². The Balaban J connectivity index is 2.33. The lowest BCUT2D eigenvalue weighted by molar-refractivity contribution is -0.101. The van der Waals surface area contributed by atoms with Crippen LogP contribution in [0.15, 0.2) is 18.2 Å². The third kappa shape index (κ3) is 3.10. The Bertz CT molecular complexity index is 522. The second kappa shape index (κ2) is 5.80. The minimum Gasteiger partial charge on any atom is -0.394 e. The number of benzene rings is 1. The molecule has 1 saturated heterocycles. The van der Waals surface area contributed by atoms with Crippen LogP contribution in [0.25, 0.3) is 0 Å². The maximum Gasteiger partial charge on any atom is 0.101 e. The average Bonchev–Trinajstić information content (AvgIpc) is 2.44. The molecule has 0 bridgehead atoms. The molecule has 1 aromatic rings. The van der Waals surface area contributed by atoms with Gasteiger partial charge in [-0.2, -0.15) is 5.26 Å². The Morgan fingerprint density at radius 1 is 1.45 bits per heavy atom. The van der Waals surface area contributed by atoms with E-state index in [1.165, 1.54) is 0 Å². The van der Waals surface area contributed by atoms with Gasteiger partial charge in [-0.3, -0.25) is 0 Å². The smallest absolute Gasteiger partial charge is 0.101 e. The van der Waals surface area contributed by atoms with Crippen LogP contribution in [0.1, 0.15) is 25.0 Å². The van der Waals surface area contributed by atoms with Crippen molar-refractivity contribution in [2.75, 3.05) is 24.6 Å². The summed E-state index contributed by atoms with van der Waals surface area (Å²) in [7, 11) is 0. The molecule has 1 aliphatic rings. The fourth-order valence-corrected chi connectivity index (χ4v) is 2.62. The molecule has 1 atom stereocenters. The fourth-order valence-electron chi connectivity index (χ4n) is 2.62. The Labute approximate surface area is 119 Å². The van der Waals surface area contributed by atoms with Gasteiger partial charge in [0, 0.05) is 13.1 Å². The van der Waals surface area contributed by atoms with Gasteiger partial charge in [0.05, 0.1) is 36.2 Å². The number of nitriles is 1. The Hall–Kier alpha value is -1.61. The Morgan fingerprint density at radius 2 is 2.20 bits per heavy atom. The third-order valence-electron chi connectivity index (χ3n) is 3.39. The first-order valence-corrected chi connectivity index (χ1v) is 6.66. The van der Waals surface area contributed by atoms with Crippen molar-refractivity contribution in [3.63, 3.8) is 0 Å². The first-order chi connectivity index (χ1) is 9.49. The number of ether oxygens (including phenoxy) is 1. The summed E-state index contributed by atoms with van der Waals surface area (Å²) in [6.07, 6.45) is -0.261. The molecule has 0 amide bonds. The molecule has 5 nitrogen and oxygen atoms in total. The predicted molar refractivity (Wildman–Crippen MR) is 75.3 cm³/mol. The van der Waals surface area contributed by atoms with Gasteiger partial charge in [0.2, 0.25) is 0 Å². The maximum atomic E-state index is 9.35. The highest BCUT2D eigenvalue weighted by Crippen LogP contribution is 2.29. The predicted octanol–water partition coefficient (Wildman–Crippen LogP) is 1.03. The van der Waals surface area contributed by atoms with E-state index in [0.717, 1.165) is 11.3 Å². The van der Waals surface area contributed by atoms with Crippen LogP contribution in [-0.2, 0) is 11.3 Å². The lowest BCUT2D eigenvalue weighted by Crippen LogP contribution is -2.54. The van der Waals surface area contributed by atoms with E-state index in [-0.39, 0.29) is 24.9 Å². The first kappa shape index (κ1) is 14.8. The number of rotatable bonds is 3. The molecule has 0 radical (unpaired) electrons. The minimum absolute atomic E-state index is 0.0451. The highest BCUT2D eigenvalue weighted by molar-refractivity contribution is 5.61. The standard InChI is InChI=1S/C15H20N2O3/c1-15(2)10-17(7-13(9-19)20-15)14-4-3-11(8-18)5-12(14)6-16/h3-5,13,18-19H,7-10H2,1-2H3. The van der Waals surface area contributed by atoms with E-state index in [1.807, 2.05) is 26.0 Å². The average molecular weight is 276 g/mol. The molecule has 0 saturated carbocycles. The van der Waals surface area contributed by atoms with Gasteiger partial charge < -0.3 is 19.8 Å². The van der Waals surface area contributed by atoms with Crippen molar-refractivity contribution in [3.8, 4) is 6.07 Å². The molecule has 2 N–H and O–H groups in total. The molecule has 1 unspecified atom stereocenters. The van der Waals surface area contributed by atoms with Crippen LogP contribution in [0.2, 0.25) is 0 Å². The number of hydrogen-bond donors (Lipinski definition) is 2. The topological polar surface area (TPSA) is 76.7 Å². The second-order valence-corrected chi connectivity index (χ2v) is 5.68. The molecular formula is C15H20N2O3. The quantitative estimate of drug-likeness (QED) is 0.862. The minimum atomic E-state index is -0.381. The first-order valence-electron chi connectivity index (χ1n) is 6.66. The van der Waals surface area contributed by atoms with E-state index >= 15 is 0 Å². The summed E-state index contributed by atoms with van der Waals surface area (Å²) in [6.45, 7) is 5.01. The van der Waals surface area contributed by atoms with Gasteiger partial charge in [-0.25, -0.2) is 0 Å².